The van der Waals surface area contributed by atoms with E-state index in [0.29, 0.717) is 38.1 Å². The Morgan fingerprint density at radius 3 is 2.27 bits per heavy atom. The van der Waals surface area contributed by atoms with Crippen molar-refractivity contribution in [1.29, 1.82) is 5.26 Å². The van der Waals surface area contributed by atoms with Gasteiger partial charge in [-0.15, -0.1) is 0 Å². The highest BCUT2D eigenvalue weighted by Gasteiger charge is 2.66. The van der Waals surface area contributed by atoms with Gasteiger partial charge in [0.1, 0.15) is 5.60 Å². The first-order valence-corrected chi connectivity index (χ1v) is 23.8. The van der Waals surface area contributed by atoms with Gasteiger partial charge < -0.3 is 23.4 Å². The number of hydrogen-bond acceptors (Lipinski definition) is 6. The van der Waals surface area contributed by atoms with Crippen LogP contribution < -0.4 is 0 Å². The van der Waals surface area contributed by atoms with Crippen LogP contribution in [0, 0.1) is 28.6 Å². The number of allylic oxidation sites excluding steroid dienone is 1. The lowest BCUT2D eigenvalue weighted by Gasteiger charge is -2.57. The average molecular weight is 652 g/mol. The lowest BCUT2D eigenvalue weighted by Crippen LogP contribution is -2.57. The third kappa shape index (κ3) is 5.66. The molecule has 1 aromatic carbocycles. The van der Waals surface area contributed by atoms with Crippen molar-refractivity contribution < 1.29 is 23.4 Å². The second-order valence-corrected chi connectivity index (χ2v) is 26.9. The van der Waals surface area contributed by atoms with E-state index in [9.17, 15) is 10.4 Å². The molecule has 1 heterocycles. The molecule has 248 valence electrons. The first kappa shape index (κ1) is 33.6. The van der Waals surface area contributed by atoms with Crippen molar-refractivity contribution in [2.75, 3.05) is 13.2 Å². The second kappa shape index (κ2) is 11.1. The summed E-state index contributed by atoms with van der Waals surface area (Å²) in [4.78, 5) is 0. The summed E-state index contributed by atoms with van der Waals surface area (Å²) < 4.78 is 25.8. The minimum absolute atomic E-state index is 0.129. The van der Waals surface area contributed by atoms with E-state index in [1.165, 1.54) is 22.3 Å². The maximum absolute atomic E-state index is 12.4. The number of nitrogens with zero attached hydrogens (tertiary/aromatic N) is 1. The van der Waals surface area contributed by atoms with Gasteiger partial charge in [0, 0.05) is 24.2 Å². The van der Waals surface area contributed by atoms with Crippen LogP contribution in [0.15, 0.2) is 35.4 Å². The maximum Gasteiger partial charge on any atom is 0.192 e. The van der Waals surface area contributed by atoms with E-state index >= 15 is 0 Å². The summed E-state index contributed by atoms with van der Waals surface area (Å²) in [5.74, 6) is 0.184. The highest BCUT2D eigenvalue weighted by molar-refractivity contribution is 6.74. The van der Waals surface area contributed by atoms with Gasteiger partial charge in [-0.2, -0.15) is 5.26 Å². The molecule has 45 heavy (non-hydrogen) atoms. The smallest absolute Gasteiger partial charge is 0.192 e. The number of ether oxygens (including phenoxy) is 2. The van der Waals surface area contributed by atoms with Gasteiger partial charge in [0.05, 0.1) is 31.5 Å². The number of fused-ring (bicyclic) bond motifs is 4. The zero-order valence-corrected chi connectivity index (χ0v) is 31.3. The molecule has 0 amide bonds. The Kier molecular flexibility index (Phi) is 8.29. The summed E-state index contributed by atoms with van der Waals surface area (Å²) in [6.45, 7) is 22.3. The molecule has 1 spiro atoms. The molecular weight excluding hydrogens is 595 g/mol. The summed E-state index contributed by atoms with van der Waals surface area (Å²) in [5.41, 5.74) is 3.22. The van der Waals surface area contributed by atoms with E-state index < -0.39 is 33.6 Å². The summed E-state index contributed by atoms with van der Waals surface area (Å²) in [6, 6.07) is 11.9. The van der Waals surface area contributed by atoms with Gasteiger partial charge in [0.2, 0.25) is 0 Å². The summed E-state index contributed by atoms with van der Waals surface area (Å²) in [6.07, 6.45) is 6.41. The highest BCUT2D eigenvalue weighted by Crippen LogP contribution is 2.69. The molecule has 6 nitrogen and oxygen atoms in total. The van der Waals surface area contributed by atoms with Crippen LogP contribution in [0.25, 0.3) is 0 Å². The van der Waals surface area contributed by atoms with Crippen LogP contribution in [-0.4, -0.2) is 51.9 Å². The summed E-state index contributed by atoms with van der Waals surface area (Å²) in [7, 11) is -3.86. The molecule has 0 radical (unpaired) electrons. The Hall–Kier alpha value is -1.32. The fourth-order valence-corrected chi connectivity index (χ4v) is 11.9. The number of benzene rings is 1. The van der Waals surface area contributed by atoms with Crippen LogP contribution in [0.1, 0.15) is 96.1 Å². The number of aliphatic hydroxyl groups is 1. The number of rotatable bonds is 6. The van der Waals surface area contributed by atoms with Crippen molar-refractivity contribution in [3.8, 4) is 6.07 Å². The minimum atomic E-state index is -2.00. The molecule has 1 aliphatic heterocycles. The Bertz CT molecular complexity index is 1360. The van der Waals surface area contributed by atoms with Crippen LogP contribution in [0.2, 0.25) is 37.8 Å². The molecule has 1 saturated heterocycles. The summed E-state index contributed by atoms with van der Waals surface area (Å²) >= 11 is 0. The standard InChI is InChI=1S/C37H57NO5Si2/c1-33(2,3)45(8,9)42-23-26-10-12-27(13-11-26)29-22-34(4)30(15-18-36(34,25-38)43-44(5,6)7)28-14-17-35(39)24-37(40-20-21-41-37)19-16-31(35)32(28)29/h10-13,28-30,39H,14-24H2,1-9H3/t28-,29+,30-,34-,35+,36-/m0/s1. The van der Waals surface area contributed by atoms with Crippen molar-refractivity contribution >= 4 is 16.6 Å². The Labute approximate surface area is 274 Å². The van der Waals surface area contributed by atoms with Crippen LogP contribution in [0.3, 0.4) is 0 Å². The van der Waals surface area contributed by atoms with Crippen molar-refractivity contribution in [2.24, 2.45) is 17.3 Å². The zero-order valence-electron chi connectivity index (χ0n) is 29.3. The molecule has 0 aromatic heterocycles. The van der Waals surface area contributed by atoms with Gasteiger partial charge in [-0.3, -0.25) is 0 Å². The van der Waals surface area contributed by atoms with Crippen LogP contribution in [0.5, 0.6) is 0 Å². The van der Waals surface area contributed by atoms with Crippen molar-refractivity contribution in [3.05, 3.63) is 46.5 Å². The molecule has 4 fully saturated rings. The average Bonchev–Trinajstić information content (AvgIpc) is 3.51. The minimum Gasteiger partial charge on any atom is -0.413 e. The lowest BCUT2D eigenvalue weighted by atomic mass is 9.49. The van der Waals surface area contributed by atoms with E-state index in [4.69, 9.17) is 18.3 Å². The van der Waals surface area contributed by atoms with Gasteiger partial charge in [0.25, 0.3) is 0 Å². The Balaban J connectivity index is 1.40. The highest BCUT2D eigenvalue weighted by atomic mass is 28.4. The number of nitriles is 1. The predicted molar refractivity (Wildman–Crippen MR) is 183 cm³/mol. The predicted octanol–water partition coefficient (Wildman–Crippen LogP) is 8.59. The SMILES string of the molecule is CC(C)(C)[Si](C)(C)OCc1ccc([C@H]2C[C@@]3(C)[C@@H](CC[C@@]3(C#N)O[Si](C)(C)C)[C@@H]3CC[C@@]4(O)CC5(CCC4=C32)OCCO5)cc1. The quantitative estimate of drug-likeness (QED) is 0.245. The van der Waals surface area contributed by atoms with Crippen molar-refractivity contribution in [3.63, 3.8) is 0 Å². The Morgan fingerprint density at radius 1 is 1.00 bits per heavy atom. The van der Waals surface area contributed by atoms with E-state index in [2.05, 4.69) is 90.8 Å². The summed E-state index contributed by atoms with van der Waals surface area (Å²) in [5, 5.41) is 23.4. The van der Waals surface area contributed by atoms with Crippen LogP contribution in [0.4, 0.5) is 0 Å². The molecule has 1 aromatic rings. The normalized spacial score (nSPS) is 36.4. The molecule has 5 aliphatic rings. The van der Waals surface area contributed by atoms with E-state index in [1.807, 2.05) is 0 Å². The molecular formula is C37H57NO5Si2. The Morgan fingerprint density at radius 2 is 1.67 bits per heavy atom. The first-order chi connectivity index (χ1) is 20.9. The van der Waals surface area contributed by atoms with Crippen molar-refractivity contribution in [1.82, 2.24) is 0 Å². The fraction of sp³-hybridized carbons (Fsp3) is 0.757. The molecule has 0 unspecified atom stereocenters. The molecule has 6 rings (SSSR count). The van der Waals surface area contributed by atoms with E-state index in [0.717, 1.165) is 44.9 Å². The monoisotopic (exact) mass is 651 g/mol. The van der Waals surface area contributed by atoms with Crippen LogP contribution >= 0.6 is 0 Å². The second-order valence-electron chi connectivity index (χ2n) is 17.7. The maximum atomic E-state index is 12.4. The van der Waals surface area contributed by atoms with Gasteiger partial charge in [0.15, 0.2) is 22.4 Å². The molecule has 0 bridgehead atoms. The van der Waals surface area contributed by atoms with E-state index in [-0.39, 0.29) is 16.4 Å². The third-order valence-corrected chi connectivity index (χ3v) is 18.2. The molecule has 6 atom stereocenters. The first-order valence-electron chi connectivity index (χ1n) is 17.4. The topological polar surface area (TPSA) is 80.9 Å². The zero-order chi connectivity index (χ0) is 32.7. The molecule has 8 heteroatoms. The van der Waals surface area contributed by atoms with Gasteiger partial charge in [-0.05, 0) is 105 Å². The largest absolute Gasteiger partial charge is 0.413 e. The molecule has 3 saturated carbocycles. The lowest BCUT2D eigenvalue weighted by molar-refractivity contribution is -0.208. The fourth-order valence-electron chi connectivity index (χ4n) is 9.52. The van der Waals surface area contributed by atoms with Crippen molar-refractivity contribution in [2.45, 2.75) is 146 Å². The van der Waals surface area contributed by atoms with Gasteiger partial charge in [-0.1, -0.05) is 57.5 Å². The van der Waals surface area contributed by atoms with Gasteiger partial charge >= 0.3 is 0 Å². The van der Waals surface area contributed by atoms with Gasteiger partial charge in [-0.25, -0.2) is 0 Å². The molecule has 1 N–H and O–H groups in total. The van der Waals surface area contributed by atoms with E-state index in [1.54, 1.807) is 0 Å². The third-order valence-electron chi connectivity index (χ3n) is 12.8. The van der Waals surface area contributed by atoms with Crippen LogP contribution in [-0.2, 0) is 24.9 Å². The number of hydrogen-bond donors (Lipinski definition) is 1. The molecule has 4 aliphatic carbocycles.